The molecule has 0 saturated carbocycles. The van der Waals surface area contributed by atoms with Crippen LogP contribution in [0.25, 0.3) is 10.6 Å². The van der Waals surface area contributed by atoms with Gasteiger partial charge in [0.05, 0.1) is 17.6 Å². The van der Waals surface area contributed by atoms with Crippen molar-refractivity contribution in [2.24, 2.45) is 0 Å². The third kappa shape index (κ3) is 4.74. The van der Waals surface area contributed by atoms with Crippen LogP contribution >= 0.6 is 27.3 Å². The molecule has 2 N–H and O–H groups in total. The van der Waals surface area contributed by atoms with E-state index in [1.54, 1.807) is 18.2 Å². The van der Waals surface area contributed by atoms with Gasteiger partial charge in [0.2, 0.25) is 5.91 Å². The number of nitrogens with zero attached hydrogens (tertiary/aromatic N) is 1. The number of halogens is 1. The molecule has 0 spiro atoms. The van der Waals surface area contributed by atoms with Crippen molar-refractivity contribution in [2.75, 3.05) is 10.0 Å². The molecule has 0 fully saturated rings. The van der Waals surface area contributed by atoms with Crippen LogP contribution in [-0.4, -0.2) is 19.3 Å². The molecule has 6 nitrogen and oxygen atoms in total. The van der Waals surface area contributed by atoms with Crippen molar-refractivity contribution in [3.05, 3.63) is 58.7 Å². The van der Waals surface area contributed by atoms with Crippen molar-refractivity contribution in [3.8, 4) is 10.6 Å². The SMILES string of the molecule is CC(=O)Nc1ccc(C)cc1NS(=O)(=O)c1cnc(-c2cccc(Br)c2)s1. The number of nitrogens with one attached hydrogen (secondary N) is 2. The lowest BCUT2D eigenvalue weighted by molar-refractivity contribution is -0.114. The number of sulfonamides is 1. The molecule has 0 bridgehead atoms. The zero-order valence-electron chi connectivity index (χ0n) is 14.5. The van der Waals surface area contributed by atoms with Crippen LogP contribution in [0.15, 0.2) is 57.3 Å². The first-order valence-electron chi connectivity index (χ1n) is 7.87. The molecule has 1 aromatic heterocycles. The predicted octanol–water partition coefficient (Wildman–Crippen LogP) is 4.64. The minimum Gasteiger partial charge on any atom is -0.325 e. The lowest BCUT2D eigenvalue weighted by atomic mass is 10.2. The van der Waals surface area contributed by atoms with E-state index in [0.29, 0.717) is 16.4 Å². The summed E-state index contributed by atoms with van der Waals surface area (Å²) in [5.74, 6) is -0.283. The number of aromatic nitrogens is 1. The second-order valence-electron chi connectivity index (χ2n) is 5.83. The Hall–Kier alpha value is -2.23. The van der Waals surface area contributed by atoms with Crippen LogP contribution in [0.3, 0.4) is 0 Å². The van der Waals surface area contributed by atoms with Gasteiger partial charge in [0.25, 0.3) is 10.0 Å². The summed E-state index contributed by atoms with van der Waals surface area (Å²) >= 11 is 4.47. The van der Waals surface area contributed by atoms with Crippen molar-refractivity contribution in [1.82, 2.24) is 4.98 Å². The zero-order chi connectivity index (χ0) is 19.6. The molecule has 0 saturated heterocycles. The smallest absolute Gasteiger partial charge is 0.273 e. The number of thiazole rings is 1. The van der Waals surface area contributed by atoms with Crippen LogP contribution in [-0.2, 0) is 14.8 Å². The van der Waals surface area contributed by atoms with Crippen molar-refractivity contribution in [1.29, 1.82) is 0 Å². The van der Waals surface area contributed by atoms with E-state index in [-0.39, 0.29) is 10.1 Å². The van der Waals surface area contributed by atoms with E-state index in [9.17, 15) is 13.2 Å². The van der Waals surface area contributed by atoms with Gasteiger partial charge < -0.3 is 5.32 Å². The first kappa shape index (κ1) is 19.5. The number of anilines is 2. The molecular formula is C18H16BrN3O3S2. The maximum absolute atomic E-state index is 12.8. The maximum Gasteiger partial charge on any atom is 0.273 e. The number of rotatable bonds is 5. The fraction of sp³-hybridized carbons (Fsp3) is 0.111. The van der Waals surface area contributed by atoms with E-state index in [2.05, 4.69) is 31.0 Å². The summed E-state index contributed by atoms with van der Waals surface area (Å²) in [7, 11) is -3.84. The summed E-state index contributed by atoms with van der Waals surface area (Å²) in [4.78, 5) is 15.6. The Morgan fingerprint density at radius 2 is 1.93 bits per heavy atom. The molecule has 0 atom stereocenters. The van der Waals surface area contributed by atoms with Crippen LogP contribution in [0.1, 0.15) is 12.5 Å². The normalized spacial score (nSPS) is 11.2. The highest BCUT2D eigenvalue weighted by Crippen LogP contribution is 2.32. The second-order valence-corrected chi connectivity index (χ2v) is 9.69. The fourth-order valence-electron chi connectivity index (χ4n) is 2.37. The average Bonchev–Trinajstić information content (AvgIpc) is 3.08. The number of hydrogen-bond donors (Lipinski definition) is 2. The van der Waals surface area contributed by atoms with Gasteiger partial charge in [-0.15, -0.1) is 11.3 Å². The van der Waals surface area contributed by atoms with Gasteiger partial charge in [-0.2, -0.15) is 0 Å². The molecule has 140 valence electrons. The first-order chi connectivity index (χ1) is 12.7. The Morgan fingerprint density at radius 3 is 2.63 bits per heavy atom. The minimum absolute atomic E-state index is 0.0905. The zero-order valence-corrected chi connectivity index (χ0v) is 17.7. The van der Waals surface area contributed by atoms with Gasteiger partial charge in [0.1, 0.15) is 5.01 Å². The van der Waals surface area contributed by atoms with E-state index in [4.69, 9.17) is 0 Å². The Labute approximate surface area is 169 Å². The van der Waals surface area contributed by atoms with E-state index < -0.39 is 10.0 Å². The molecule has 0 radical (unpaired) electrons. The molecule has 1 heterocycles. The number of benzene rings is 2. The van der Waals surface area contributed by atoms with Crippen LogP contribution in [0, 0.1) is 6.92 Å². The van der Waals surface area contributed by atoms with Gasteiger partial charge in [-0.3, -0.25) is 9.52 Å². The number of hydrogen-bond acceptors (Lipinski definition) is 5. The van der Waals surface area contributed by atoms with Crippen LogP contribution in [0.4, 0.5) is 11.4 Å². The third-order valence-corrected chi connectivity index (χ3v) is 6.92. The molecule has 9 heteroatoms. The maximum atomic E-state index is 12.8. The Balaban J connectivity index is 1.92. The summed E-state index contributed by atoms with van der Waals surface area (Å²) in [5, 5.41) is 3.23. The highest BCUT2D eigenvalue weighted by atomic mass is 79.9. The van der Waals surface area contributed by atoms with E-state index >= 15 is 0 Å². The molecule has 2 aromatic carbocycles. The standard InChI is InChI=1S/C18H16BrN3O3S2/c1-11-6-7-15(21-12(2)23)16(8-11)22-27(24,25)17-10-20-18(26-17)13-4-3-5-14(19)9-13/h3-10,22H,1-2H3,(H,21,23). The average molecular weight is 466 g/mol. The van der Waals surface area contributed by atoms with Gasteiger partial charge in [-0.1, -0.05) is 34.1 Å². The number of amides is 1. The van der Waals surface area contributed by atoms with E-state index in [1.807, 2.05) is 31.2 Å². The summed E-state index contributed by atoms with van der Waals surface area (Å²) in [5.41, 5.74) is 2.39. The molecule has 0 aliphatic heterocycles. The molecule has 3 aromatic rings. The number of aryl methyl sites for hydroxylation is 1. The van der Waals surface area contributed by atoms with Crippen LogP contribution in [0.2, 0.25) is 0 Å². The second kappa shape index (κ2) is 7.79. The minimum atomic E-state index is -3.84. The topological polar surface area (TPSA) is 88.2 Å². The van der Waals surface area contributed by atoms with Crippen molar-refractivity contribution >= 4 is 54.6 Å². The lowest BCUT2D eigenvalue weighted by Gasteiger charge is -2.12. The number of carbonyl (C=O) groups excluding carboxylic acids is 1. The highest BCUT2D eigenvalue weighted by Gasteiger charge is 2.20. The summed E-state index contributed by atoms with van der Waals surface area (Å²) in [6.07, 6.45) is 1.33. The molecule has 3 rings (SSSR count). The van der Waals surface area contributed by atoms with Crippen LogP contribution in [0.5, 0.6) is 0 Å². The Kier molecular flexibility index (Phi) is 5.64. The number of carbonyl (C=O) groups is 1. The molecule has 0 unspecified atom stereocenters. The van der Waals surface area contributed by atoms with E-state index in [0.717, 1.165) is 26.9 Å². The summed E-state index contributed by atoms with van der Waals surface area (Å²) in [6.45, 7) is 3.21. The highest BCUT2D eigenvalue weighted by molar-refractivity contribution is 9.10. The Morgan fingerprint density at radius 1 is 1.15 bits per heavy atom. The fourth-order valence-corrected chi connectivity index (χ4v) is 4.97. The summed E-state index contributed by atoms with van der Waals surface area (Å²) in [6, 6.07) is 12.6. The van der Waals surface area contributed by atoms with Gasteiger partial charge in [-0.05, 0) is 36.8 Å². The van der Waals surface area contributed by atoms with Gasteiger partial charge in [-0.25, -0.2) is 13.4 Å². The quantitative estimate of drug-likeness (QED) is 0.574. The molecule has 0 aliphatic carbocycles. The lowest BCUT2D eigenvalue weighted by Crippen LogP contribution is -2.15. The summed E-state index contributed by atoms with van der Waals surface area (Å²) < 4.78 is 29.1. The predicted molar refractivity (Wildman–Crippen MR) is 112 cm³/mol. The van der Waals surface area contributed by atoms with Gasteiger partial charge in [0, 0.05) is 17.0 Å². The molecule has 1 amide bonds. The Bertz CT molecular complexity index is 1110. The first-order valence-corrected chi connectivity index (χ1v) is 11.0. The third-order valence-electron chi connectivity index (χ3n) is 3.55. The van der Waals surface area contributed by atoms with Gasteiger partial charge in [0.15, 0.2) is 4.21 Å². The van der Waals surface area contributed by atoms with E-state index in [1.165, 1.54) is 13.1 Å². The molecular weight excluding hydrogens is 450 g/mol. The van der Waals surface area contributed by atoms with Gasteiger partial charge >= 0.3 is 0 Å². The van der Waals surface area contributed by atoms with Crippen molar-refractivity contribution in [3.63, 3.8) is 0 Å². The molecule has 27 heavy (non-hydrogen) atoms. The van der Waals surface area contributed by atoms with Crippen molar-refractivity contribution in [2.45, 2.75) is 18.1 Å². The van der Waals surface area contributed by atoms with Crippen molar-refractivity contribution < 1.29 is 13.2 Å². The molecule has 0 aliphatic rings. The van der Waals surface area contributed by atoms with Crippen LogP contribution < -0.4 is 10.0 Å². The monoisotopic (exact) mass is 465 g/mol. The largest absolute Gasteiger partial charge is 0.325 e.